The van der Waals surface area contributed by atoms with Gasteiger partial charge in [0.25, 0.3) is 0 Å². The lowest BCUT2D eigenvalue weighted by Gasteiger charge is -2.08. The Balaban J connectivity index is 1.53. The standard InChI is InChI=1S/C23H21N3O2S/c1-16-6-5-8-19(14-16)25-23(29)26-24-15-18-10-12-20(13-11-18)28-22(27)21-9-4-3-7-17(21)2/h3-15H,1-2H3,(H2,25,26,29)/b24-15-. The summed E-state index contributed by atoms with van der Waals surface area (Å²) >= 11 is 5.23. The summed E-state index contributed by atoms with van der Waals surface area (Å²) in [6, 6.07) is 22.3. The second-order valence-electron chi connectivity index (χ2n) is 6.47. The largest absolute Gasteiger partial charge is 0.423 e. The molecule has 0 spiro atoms. The molecule has 6 heteroatoms. The molecular formula is C23H21N3O2S. The number of anilines is 1. The van der Waals surface area contributed by atoms with Crippen LogP contribution in [-0.4, -0.2) is 17.3 Å². The van der Waals surface area contributed by atoms with E-state index in [1.54, 1.807) is 24.4 Å². The van der Waals surface area contributed by atoms with Crippen LogP contribution in [-0.2, 0) is 0 Å². The Bertz CT molecular complexity index is 1050. The molecule has 0 fully saturated rings. The van der Waals surface area contributed by atoms with E-state index in [4.69, 9.17) is 17.0 Å². The predicted octanol–water partition coefficient (Wildman–Crippen LogP) is 4.84. The average molecular weight is 404 g/mol. The fourth-order valence-corrected chi connectivity index (χ4v) is 2.80. The summed E-state index contributed by atoms with van der Waals surface area (Å²) in [6.07, 6.45) is 1.64. The van der Waals surface area contributed by atoms with E-state index in [1.807, 2.05) is 68.4 Å². The van der Waals surface area contributed by atoms with Crippen molar-refractivity contribution in [3.63, 3.8) is 0 Å². The molecule has 0 aliphatic heterocycles. The minimum atomic E-state index is -0.376. The second kappa shape index (κ2) is 9.61. The first kappa shape index (κ1) is 20.2. The smallest absolute Gasteiger partial charge is 0.343 e. The van der Waals surface area contributed by atoms with Crippen molar-refractivity contribution in [1.82, 2.24) is 5.43 Å². The van der Waals surface area contributed by atoms with E-state index in [1.165, 1.54) is 0 Å². The Morgan fingerprint density at radius 3 is 2.48 bits per heavy atom. The van der Waals surface area contributed by atoms with Gasteiger partial charge in [0.2, 0.25) is 0 Å². The molecule has 0 aliphatic rings. The molecule has 0 radical (unpaired) electrons. The predicted molar refractivity (Wildman–Crippen MR) is 121 cm³/mol. The van der Waals surface area contributed by atoms with Crippen LogP contribution in [0, 0.1) is 13.8 Å². The molecule has 0 saturated heterocycles. The number of thiocarbonyl (C=S) groups is 1. The van der Waals surface area contributed by atoms with E-state index in [0.717, 1.165) is 22.4 Å². The van der Waals surface area contributed by atoms with Crippen LogP contribution in [0.2, 0.25) is 0 Å². The van der Waals surface area contributed by atoms with Crippen LogP contribution in [0.1, 0.15) is 27.0 Å². The van der Waals surface area contributed by atoms with Gasteiger partial charge in [-0.15, -0.1) is 0 Å². The lowest BCUT2D eigenvalue weighted by Crippen LogP contribution is -2.23. The van der Waals surface area contributed by atoms with Gasteiger partial charge in [-0.1, -0.05) is 30.3 Å². The summed E-state index contributed by atoms with van der Waals surface area (Å²) in [5.74, 6) is 0.0961. The molecule has 0 bridgehead atoms. The minimum absolute atomic E-state index is 0.376. The monoisotopic (exact) mass is 403 g/mol. The van der Waals surface area contributed by atoms with Crippen molar-refractivity contribution >= 4 is 35.2 Å². The summed E-state index contributed by atoms with van der Waals surface area (Å²) in [5.41, 5.74) is 7.09. The van der Waals surface area contributed by atoms with E-state index in [0.29, 0.717) is 16.4 Å². The lowest BCUT2D eigenvalue weighted by molar-refractivity contribution is 0.0734. The van der Waals surface area contributed by atoms with Crippen molar-refractivity contribution < 1.29 is 9.53 Å². The summed E-state index contributed by atoms with van der Waals surface area (Å²) in [6.45, 7) is 3.89. The van der Waals surface area contributed by atoms with Gasteiger partial charge in [-0.3, -0.25) is 5.43 Å². The van der Waals surface area contributed by atoms with Crippen molar-refractivity contribution in [3.8, 4) is 5.75 Å². The number of hydrogen-bond acceptors (Lipinski definition) is 4. The number of ether oxygens (including phenoxy) is 1. The van der Waals surface area contributed by atoms with Gasteiger partial charge in [0.05, 0.1) is 11.8 Å². The topological polar surface area (TPSA) is 62.7 Å². The van der Waals surface area contributed by atoms with Gasteiger partial charge < -0.3 is 10.1 Å². The normalized spacial score (nSPS) is 10.6. The molecule has 2 N–H and O–H groups in total. The third kappa shape index (κ3) is 5.99. The molecule has 0 saturated carbocycles. The minimum Gasteiger partial charge on any atom is -0.423 e. The summed E-state index contributed by atoms with van der Waals surface area (Å²) in [5, 5.41) is 7.59. The van der Waals surface area contributed by atoms with Gasteiger partial charge in [-0.05, 0) is 85.2 Å². The molecular weight excluding hydrogens is 382 g/mol. The first-order valence-corrected chi connectivity index (χ1v) is 9.47. The molecule has 3 aromatic carbocycles. The number of carbonyl (C=O) groups is 1. The zero-order valence-corrected chi connectivity index (χ0v) is 17.0. The fraction of sp³-hybridized carbons (Fsp3) is 0.0870. The van der Waals surface area contributed by atoms with Crippen LogP contribution < -0.4 is 15.5 Å². The van der Waals surface area contributed by atoms with Gasteiger partial charge in [-0.2, -0.15) is 5.10 Å². The first-order chi connectivity index (χ1) is 14.0. The van der Waals surface area contributed by atoms with E-state index in [2.05, 4.69) is 15.8 Å². The van der Waals surface area contributed by atoms with E-state index in [-0.39, 0.29) is 5.97 Å². The molecule has 0 heterocycles. The van der Waals surface area contributed by atoms with Gasteiger partial charge in [0, 0.05) is 5.69 Å². The van der Waals surface area contributed by atoms with Gasteiger partial charge in [-0.25, -0.2) is 4.79 Å². The second-order valence-corrected chi connectivity index (χ2v) is 6.88. The van der Waals surface area contributed by atoms with Crippen molar-refractivity contribution in [2.24, 2.45) is 5.10 Å². The maximum absolute atomic E-state index is 12.3. The van der Waals surface area contributed by atoms with E-state index >= 15 is 0 Å². The summed E-state index contributed by atoms with van der Waals surface area (Å²) in [7, 11) is 0. The summed E-state index contributed by atoms with van der Waals surface area (Å²) < 4.78 is 5.43. The number of aryl methyl sites for hydroxylation is 2. The highest BCUT2D eigenvalue weighted by Crippen LogP contribution is 2.15. The third-order valence-corrected chi connectivity index (χ3v) is 4.30. The van der Waals surface area contributed by atoms with Crippen molar-refractivity contribution in [1.29, 1.82) is 0 Å². The molecule has 5 nitrogen and oxygen atoms in total. The number of nitrogens with one attached hydrogen (secondary N) is 2. The van der Waals surface area contributed by atoms with Crippen molar-refractivity contribution in [2.75, 3.05) is 5.32 Å². The highest BCUT2D eigenvalue weighted by molar-refractivity contribution is 7.80. The number of nitrogens with zero attached hydrogens (tertiary/aromatic N) is 1. The zero-order chi connectivity index (χ0) is 20.6. The van der Waals surface area contributed by atoms with Crippen LogP contribution in [0.3, 0.4) is 0 Å². The number of hydrogen-bond donors (Lipinski definition) is 2. The Labute approximate surface area is 175 Å². The number of carbonyl (C=O) groups excluding carboxylic acids is 1. The maximum Gasteiger partial charge on any atom is 0.343 e. The maximum atomic E-state index is 12.3. The number of esters is 1. The van der Waals surface area contributed by atoms with Gasteiger partial charge in [0.15, 0.2) is 5.11 Å². The lowest BCUT2D eigenvalue weighted by atomic mass is 10.1. The number of benzene rings is 3. The fourth-order valence-electron chi connectivity index (χ4n) is 2.63. The highest BCUT2D eigenvalue weighted by atomic mass is 32.1. The molecule has 0 aromatic heterocycles. The molecule has 0 amide bonds. The number of rotatable bonds is 5. The molecule has 0 aliphatic carbocycles. The molecule has 3 aromatic rings. The number of hydrazone groups is 1. The van der Waals surface area contributed by atoms with Crippen molar-refractivity contribution in [3.05, 3.63) is 95.1 Å². The SMILES string of the molecule is Cc1cccc(NC(=S)N/N=C\c2ccc(OC(=O)c3ccccc3C)cc2)c1. The van der Waals surface area contributed by atoms with E-state index < -0.39 is 0 Å². The zero-order valence-electron chi connectivity index (χ0n) is 16.2. The van der Waals surface area contributed by atoms with E-state index in [9.17, 15) is 4.79 Å². The Hall–Kier alpha value is -3.51. The molecule has 3 rings (SSSR count). The summed E-state index contributed by atoms with van der Waals surface area (Å²) in [4.78, 5) is 12.3. The highest BCUT2D eigenvalue weighted by Gasteiger charge is 2.10. The van der Waals surface area contributed by atoms with Crippen LogP contribution in [0.5, 0.6) is 5.75 Å². The average Bonchev–Trinajstić information content (AvgIpc) is 2.69. The van der Waals surface area contributed by atoms with Crippen LogP contribution in [0.25, 0.3) is 0 Å². The molecule has 146 valence electrons. The van der Waals surface area contributed by atoms with Gasteiger partial charge in [0.1, 0.15) is 5.75 Å². The van der Waals surface area contributed by atoms with Crippen LogP contribution in [0.4, 0.5) is 5.69 Å². The molecule has 0 unspecified atom stereocenters. The van der Waals surface area contributed by atoms with Gasteiger partial charge >= 0.3 is 5.97 Å². The Kier molecular flexibility index (Phi) is 6.71. The van der Waals surface area contributed by atoms with Crippen molar-refractivity contribution in [2.45, 2.75) is 13.8 Å². The van der Waals surface area contributed by atoms with Crippen LogP contribution in [0.15, 0.2) is 77.9 Å². The van der Waals surface area contributed by atoms with Crippen LogP contribution >= 0.6 is 12.2 Å². The molecule has 0 atom stereocenters. The Morgan fingerprint density at radius 1 is 1.00 bits per heavy atom. The first-order valence-electron chi connectivity index (χ1n) is 9.06. The Morgan fingerprint density at radius 2 is 1.76 bits per heavy atom. The molecule has 29 heavy (non-hydrogen) atoms. The third-order valence-electron chi connectivity index (χ3n) is 4.11. The quantitative estimate of drug-likeness (QED) is 0.210.